The molecule has 1 saturated heterocycles. The van der Waals surface area contributed by atoms with Gasteiger partial charge in [0.15, 0.2) is 0 Å². The summed E-state index contributed by atoms with van der Waals surface area (Å²) in [6, 6.07) is 17.1. The Morgan fingerprint density at radius 3 is 2.43 bits per heavy atom. The molecule has 2 aliphatic rings. The average molecular weight is 378 g/mol. The zero-order chi connectivity index (χ0) is 19.3. The zero-order valence-electron chi connectivity index (χ0n) is 16.0. The third-order valence-corrected chi connectivity index (χ3v) is 5.34. The lowest BCUT2D eigenvalue weighted by molar-refractivity contribution is 0.0633. The molecule has 0 bridgehead atoms. The molecule has 1 N–H and O–H groups in total. The number of nitrogens with one attached hydrogen (secondary N) is 1. The maximum Gasteiger partial charge on any atom is 0.253 e. The fraction of sp³-hybridized carbons (Fsp3) is 0.391. The summed E-state index contributed by atoms with van der Waals surface area (Å²) >= 11 is 0. The average Bonchev–Trinajstić information content (AvgIpc) is 3.57. The van der Waals surface area contributed by atoms with E-state index in [1.165, 1.54) is 0 Å². The second kappa shape index (κ2) is 8.46. The van der Waals surface area contributed by atoms with Crippen molar-refractivity contribution in [3.05, 3.63) is 65.7 Å². The Morgan fingerprint density at radius 2 is 1.71 bits per heavy atom. The van der Waals surface area contributed by atoms with Crippen LogP contribution in [-0.2, 0) is 0 Å². The summed E-state index contributed by atoms with van der Waals surface area (Å²) in [4.78, 5) is 26.6. The first-order chi connectivity index (χ1) is 13.7. The molecule has 1 atom stereocenters. The number of carbonyl (C=O) groups excluding carboxylic acids is 2. The Morgan fingerprint density at radius 1 is 0.964 bits per heavy atom. The number of ether oxygens (including phenoxy) is 1. The van der Waals surface area contributed by atoms with Gasteiger partial charge in [-0.25, -0.2) is 0 Å². The van der Waals surface area contributed by atoms with Gasteiger partial charge in [0, 0.05) is 36.2 Å². The molecule has 1 heterocycles. The van der Waals surface area contributed by atoms with Crippen molar-refractivity contribution >= 4 is 11.8 Å². The van der Waals surface area contributed by atoms with Gasteiger partial charge < -0.3 is 15.0 Å². The minimum absolute atomic E-state index is 0.0172. The summed E-state index contributed by atoms with van der Waals surface area (Å²) in [5, 5.41) is 2.99. The van der Waals surface area contributed by atoms with E-state index in [1.54, 1.807) is 12.1 Å². The highest BCUT2D eigenvalue weighted by Crippen LogP contribution is 2.22. The number of nitrogens with zero attached hydrogens (tertiary/aromatic N) is 1. The normalized spacial score (nSPS) is 19.1. The van der Waals surface area contributed by atoms with Crippen LogP contribution in [0.5, 0.6) is 5.75 Å². The van der Waals surface area contributed by atoms with Crippen molar-refractivity contribution < 1.29 is 14.3 Å². The number of carbonyl (C=O) groups is 2. The molecule has 1 saturated carbocycles. The summed E-state index contributed by atoms with van der Waals surface area (Å²) in [7, 11) is 0. The number of likely N-dealkylation sites (tertiary alicyclic amines) is 1. The molecule has 146 valence electrons. The summed E-state index contributed by atoms with van der Waals surface area (Å²) in [6.07, 6.45) is 4.21. The van der Waals surface area contributed by atoms with Crippen molar-refractivity contribution in [2.45, 2.75) is 31.7 Å². The molecule has 1 aliphatic carbocycles. The van der Waals surface area contributed by atoms with Crippen molar-refractivity contribution in [1.82, 2.24) is 10.2 Å². The van der Waals surface area contributed by atoms with Crippen LogP contribution in [0.2, 0.25) is 0 Å². The third kappa shape index (κ3) is 4.71. The highest BCUT2D eigenvalue weighted by atomic mass is 16.5. The summed E-state index contributed by atoms with van der Waals surface area (Å²) in [5.41, 5.74) is 1.40. The molecule has 2 aromatic rings. The predicted octanol–water partition coefficient (Wildman–Crippen LogP) is 3.51. The first-order valence-electron chi connectivity index (χ1n) is 10.1. The Bertz CT molecular complexity index is 816. The number of rotatable bonds is 6. The minimum Gasteiger partial charge on any atom is -0.493 e. The van der Waals surface area contributed by atoms with Gasteiger partial charge in [0.25, 0.3) is 11.8 Å². The number of hydrogen-bond donors (Lipinski definition) is 1. The van der Waals surface area contributed by atoms with Crippen LogP contribution in [0.15, 0.2) is 54.6 Å². The highest BCUT2D eigenvalue weighted by molar-refractivity contribution is 5.95. The molecule has 0 spiro atoms. The van der Waals surface area contributed by atoms with Crippen LogP contribution in [0.25, 0.3) is 0 Å². The van der Waals surface area contributed by atoms with E-state index in [0.717, 1.165) is 50.1 Å². The number of benzene rings is 2. The number of amides is 2. The molecule has 1 aliphatic heterocycles. The summed E-state index contributed by atoms with van der Waals surface area (Å²) < 4.78 is 5.94. The fourth-order valence-electron chi connectivity index (χ4n) is 3.56. The highest BCUT2D eigenvalue weighted by Gasteiger charge is 2.25. The quantitative estimate of drug-likeness (QED) is 0.837. The standard InChI is InChI=1S/C23H26N2O3/c26-22(24-20-10-11-20)18-8-12-21(13-9-18)28-16-17-5-4-14-25(15-17)23(27)19-6-2-1-3-7-19/h1-3,6-9,12-13,17,20H,4-5,10-11,14-16H2,(H,24,26)/t17-/m0/s1. The van der Waals surface area contributed by atoms with Crippen LogP contribution >= 0.6 is 0 Å². The van der Waals surface area contributed by atoms with E-state index in [0.29, 0.717) is 24.1 Å². The topological polar surface area (TPSA) is 58.6 Å². The molecule has 2 fully saturated rings. The van der Waals surface area contributed by atoms with Crippen LogP contribution in [0.1, 0.15) is 46.4 Å². The zero-order valence-corrected chi connectivity index (χ0v) is 16.0. The molecule has 5 nitrogen and oxygen atoms in total. The van der Waals surface area contributed by atoms with Gasteiger partial charge in [-0.2, -0.15) is 0 Å². The number of piperidine rings is 1. The Balaban J connectivity index is 1.28. The van der Waals surface area contributed by atoms with Gasteiger partial charge >= 0.3 is 0 Å². The van der Waals surface area contributed by atoms with Crippen molar-refractivity contribution in [2.75, 3.05) is 19.7 Å². The van der Waals surface area contributed by atoms with E-state index in [-0.39, 0.29) is 11.8 Å². The van der Waals surface area contributed by atoms with E-state index < -0.39 is 0 Å². The molecule has 5 heteroatoms. The Kier molecular flexibility index (Phi) is 5.60. The van der Waals surface area contributed by atoms with Crippen LogP contribution < -0.4 is 10.1 Å². The molecule has 0 aromatic heterocycles. The van der Waals surface area contributed by atoms with E-state index in [1.807, 2.05) is 47.4 Å². The van der Waals surface area contributed by atoms with Gasteiger partial charge in [0.05, 0.1) is 6.61 Å². The minimum atomic E-state index is -0.0172. The smallest absolute Gasteiger partial charge is 0.253 e. The molecular weight excluding hydrogens is 352 g/mol. The lowest BCUT2D eigenvalue weighted by Gasteiger charge is -2.32. The second-order valence-electron chi connectivity index (χ2n) is 7.71. The molecule has 0 unspecified atom stereocenters. The Hall–Kier alpha value is -2.82. The fourth-order valence-corrected chi connectivity index (χ4v) is 3.56. The molecule has 2 aromatic carbocycles. The molecule has 2 amide bonds. The predicted molar refractivity (Wildman–Crippen MR) is 107 cm³/mol. The lowest BCUT2D eigenvalue weighted by Crippen LogP contribution is -2.41. The van der Waals surface area contributed by atoms with Gasteiger partial charge in [0.1, 0.15) is 5.75 Å². The van der Waals surface area contributed by atoms with Gasteiger partial charge in [-0.05, 0) is 62.1 Å². The molecule has 0 radical (unpaired) electrons. The van der Waals surface area contributed by atoms with Crippen molar-refractivity contribution in [3.63, 3.8) is 0 Å². The summed E-state index contributed by atoms with van der Waals surface area (Å²) in [5.74, 6) is 1.15. The maximum absolute atomic E-state index is 12.6. The van der Waals surface area contributed by atoms with E-state index in [4.69, 9.17) is 4.74 Å². The van der Waals surface area contributed by atoms with E-state index in [9.17, 15) is 9.59 Å². The Labute approximate surface area is 165 Å². The molecular formula is C23H26N2O3. The SMILES string of the molecule is O=C(NC1CC1)c1ccc(OC[C@H]2CCCN(C(=O)c3ccccc3)C2)cc1. The first kappa shape index (κ1) is 18.5. The van der Waals surface area contributed by atoms with Gasteiger partial charge in [0.2, 0.25) is 0 Å². The second-order valence-corrected chi connectivity index (χ2v) is 7.71. The van der Waals surface area contributed by atoms with Crippen molar-refractivity contribution in [1.29, 1.82) is 0 Å². The summed E-state index contributed by atoms with van der Waals surface area (Å²) in [6.45, 7) is 2.09. The van der Waals surface area contributed by atoms with Crippen LogP contribution in [0, 0.1) is 5.92 Å². The molecule has 4 rings (SSSR count). The molecule has 28 heavy (non-hydrogen) atoms. The van der Waals surface area contributed by atoms with Crippen molar-refractivity contribution in [3.8, 4) is 5.75 Å². The van der Waals surface area contributed by atoms with Gasteiger partial charge in [-0.1, -0.05) is 18.2 Å². The first-order valence-corrected chi connectivity index (χ1v) is 10.1. The van der Waals surface area contributed by atoms with Gasteiger partial charge in [-0.15, -0.1) is 0 Å². The van der Waals surface area contributed by atoms with E-state index in [2.05, 4.69) is 5.32 Å². The monoisotopic (exact) mass is 378 g/mol. The number of hydrogen-bond acceptors (Lipinski definition) is 3. The van der Waals surface area contributed by atoms with Crippen molar-refractivity contribution in [2.24, 2.45) is 5.92 Å². The lowest BCUT2D eigenvalue weighted by atomic mass is 9.98. The largest absolute Gasteiger partial charge is 0.493 e. The van der Waals surface area contributed by atoms with Crippen LogP contribution in [-0.4, -0.2) is 42.5 Å². The van der Waals surface area contributed by atoms with Gasteiger partial charge in [-0.3, -0.25) is 9.59 Å². The van der Waals surface area contributed by atoms with E-state index >= 15 is 0 Å². The van der Waals surface area contributed by atoms with Crippen LogP contribution in [0.4, 0.5) is 0 Å². The van der Waals surface area contributed by atoms with Crippen LogP contribution in [0.3, 0.4) is 0 Å². The third-order valence-electron chi connectivity index (χ3n) is 5.34. The maximum atomic E-state index is 12.6.